The molecule has 12 heavy (non-hydrogen) atoms. The van der Waals surface area contributed by atoms with Gasteiger partial charge in [-0.25, -0.2) is 0 Å². The third kappa shape index (κ3) is 1.58. The maximum Gasteiger partial charge on any atom is 0.184 e. The van der Waals surface area contributed by atoms with Crippen LogP contribution in [0.2, 0.25) is 0 Å². The molecule has 0 amide bonds. The zero-order chi connectivity index (χ0) is 9.30. The topological polar surface area (TPSA) is 110 Å². The van der Waals surface area contributed by atoms with Crippen molar-refractivity contribution in [1.29, 1.82) is 0 Å². The second-order valence-corrected chi connectivity index (χ2v) is 2.72. The van der Waals surface area contributed by atoms with E-state index in [9.17, 15) is 0 Å². The van der Waals surface area contributed by atoms with E-state index >= 15 is 0 Å². The van der Waals surface area contributed by atoms with Gasteiger partial charge < -0.3 is 30.3 Å². The Morgan fingerprint density at radius 2 is 1.50 bits per heavy atom. The van der Waals surface area contributed by atoms with E-state index < -0.39 is 37.3 Å². The number of aliphatic hydroxyl groups excluding tert-OH is 5. The first-order valence-electron chi connectivity index (χ1n) is 3.56. The highest BCUT2D eigenvalue weighted by Gasteiger charge is 2.42. The molecule has 0 aliphatic carbocycles. The average molecular weight is 180 g/mol. The van der Waals surface area contributed by atoms with Crippen LogP contribution in [0.25, 0.3) is 0 Å². The Kier molecular flexibility index (Phi) is 2.99. The molecule has 0 spiro atoms. The molecular weight excluding hydrogens is 168 g/mol. The van der Waals surface area contributed by atoms with Crippen molar-refractivity contribution in [3.05, 3.63) is 0 Å². The highest BCUT2D eigenvalue weighted by Crippen LogP contribution is 2.18. The number of aliphatic hydroxyl groups is 5. The Morgan fingerprint density at radius 3 is 2.00 bits per heavy atom. The molecule has 0 saturated carbocycles. The van der Waals surface area contributed by atoms with Gasteiger partial charge in [0.05, 0.1) is 6.61 Å². The summed E-state index contributed by atoms with van der Waals surface area (Å²) < 4.78 is 4.58. The molecule has 1 rings (SSSR count). The van der Waals surface area contributed by atoms with Gasteiger partial charge in [-0.15, -0.1) is 0 Å². The minimum absolute atomic E-state index is 0.526. The van der Waals surface area contributed by atoms with E-state index in [1.807, 2.05) is 0 Å². The van der Waals surface area contributed by atoms with Gasteiger partial charge in [0.2, 0.25) is 0 Å². The predicted octanol–water partition coefficient (Wildman–Crippen LogP) is -3.22. The second-order valence-electron chi connectivity index (χ2n) is 2.72. The number of ether oxygens (including phenoxy) is 1. The molecule has 0 aromatic carbocycles. The van der Waals surface area contributed by atoms with Gasteiger partial charge in [-0.05, 0) is 0 Å². The van der Waals surface area contributed by atoms with E-state index in [1.54, 1.807) is 0 Å². The average Bonchev–Trinajstić information content (AvgIpc) is 2.08. The Hall–Kier alpha value is -0.240. The summed E-state index contributed by atoms with van der Waals surface area (Å²) in [4.78, 5) is 0. The largest absolute Gasteiger partial charge is 0.394 e. The molecule has 5 atom stereocenters. The van der Waals surface area contributed by atoms with Gasteiger partial charge in [-0.1, -0.05) is 0 Å². The smallest absolute Gasteiger partial charge is 0.184 e. The molecule has 0 aromatic heterocycles. The van der Waals surface area contributed by atoms with Crippen molar-refractivity contribution in [2.24, 2.45) is 0 Å². The van der Waals surface area contributed by atoms with Crippen LogP contribution in [-0.4, -0.2) is 62.8 Å². The van der Waals surface area contributed by atoms with Crippen molar-refractivity contribution < 1.29 is 30.3 Å². The highest BCUT2D eigenvalue weighted by molar-refractivity contribution is 4.87. The number of hydrogen-bond donors (Lipinski definition) is 5. The van der Waals surface area contributed by atoms with Crippen molar-refractivity contribution in [2.75, 3.05) is 6.61 Å². The van der Waals surface area contributed by atoms with E-state index in [4.69, 9.17) is 25.5 Å². The zero-order valence-electron chi connectivity index (χ0n) is 6.24. The lowest BCUT2D eigenvalue weighted by Gasteiger charge is -2.37. The summed E-state index contributed by atoms with van der Waals surface area (Å²) in [7, 11) is 0. The first kappa shape index (κ1) is 9.85. The van der Waals surface area contributed by atoms with Gasteiger partial charge in [-0.3, -0.25) is 0 Å². The quantitative estimate of drug-likeness (QED) is 0.290. The van der Waals surface area contributed by atoms with E-state index in [0.29, 0.717) is 0 Å². The lowest BCUT2D eigenvalue weighted by atomic mass is 10.00. The predicted molar refractivity (Wildman–Crippen MR) is 36.0 cm³/mol. The van der Waals surface area contributed by atoms with Crippen molar-refractivity contribution in [3.8, 4) is 0 Å². The second kappa shape index (κ2) is 3.65. The maximum atomic E-state index is 9.12. The van der Waals surface area contributed by atoms with Gasteiger partial charge in [0, 0.05) is 0 Å². The standard InChI is InChI=1S/C6H12O6/c7-1-2-3(8)4(9)5(10)6(11)12-2/h2-11H,1H2/t2?,3-,4?,5+,6?/m1/s1. The first-order valence-corrected chi connectivity index (χ1v) is 3.56. The summed E-state index contributed by atoms with van der Waals surface area (Å²) in [5.41, 5.74) is 0. The van der Waals surface area contributed by atoms with Crippen LogP contribution in [0.15, 0.2) is 0 Å². The third-order valence-electron chi connectivity index (χ3n) is 1.87. The number of rotatable bonds is 1. The minimum atomic E-state index is -1.57. The lowest BCUT2D eigenvalue weighted by molar-refractivity contribution is -0.286. The van der Waals surface area contributed by atoms with Gasteiger partial charge in [0.1, 0.15) is 24.4 Å². The van der Waals surface area contributed by atoms with Crippen molar-refractivity contribution in [2.45, 2.75) is 30.7 Å². The molecule has 1 heterocycles. The van der Waals surface area contributed by atoms with E-state index in [-0.39, 0.29) is 0 Å². The Bertz CT molecular complexity index is 146. The molecule has 6 nitrogen and oxygen atoms in total. The lowest BCUT2D eigenvalue weighted by Crippen LogP contribution is -2.58. The normalized spacial score (nSPS) is 49.2. The highest BCUT2D eigenvalue weighted by atomic mass is 16.6. The molecule has 1 aliphatic rings. The van der Waals surface area contributed by atoms with Gasteiger partial charge in [-0.2, -0.15) is 0 Å². The third-order valence-corrected chi connectivity index (χ3v) is 1.87. The summed E-state index contributed by atoms with van der Waals surface area (Å²) in [5.74, 6) is 0. The summed E-state index contributed by atoms with van der Waals surface area (Å²) >= 11 is 0. The monoisotopic (exact) mass is 180 g/mol. The van der Waals surface area contributed by atoms with E-state index in [2.05, 4.69) is 4.74 Å². The fourth-order valence-corrected chi connectivity index (χ4v) is 1.08. The molecule has 0 radical (unpaired) electrons. The molecule has 5 N–H and O–H groups in total. The fourth-order valence-electron chi connectivity index (χ4n) is 1.08. The first-order chi connectivity index (χ1) is 5.57. The van der Waals surface area contributed by atoms with Crippen LogP contribution in [0.5, 0.6) is 0 Å². The Balaban J connectivity index is 2.63. The summed E-state index contributed by atoms with van der Waals surface area (Å²) in [6.07, 6.45) is -7.04. The van der Waals surface area contributed by atoms with Crippen LogP contribution in [0.1, 0.15) is 0 Å². The SMILES string of the molecule is OCC1OC(O)[C@@H](O)C(O)[C@@H]1O. The van der Waals surface area contributed by atoms with Crippen LogP contribution < -0.4 is 0 Å². The molecule has 1 aliphatic heterocycles. The van der Waals surface area contributed by atoms with Gasteiger partial charge in [0.25, 0.3) is 0 Å². The van der Waals surface area contributed by atoms with E-state index in [0.717, 1.165) is 0 Å². The van der Waals surface area contributed by atoms with Crippen molar-refractivity contribution >= 4 is 0 Å². The molecule has 3 unspecified atom stereocenters. The van der Waals surface area contributed by atoms with Crippen molar-refractivity contribution in [1.82, 2.24) is 0 Å². The molecule has 0 bridgehead atoms. The Labute approximate surface area is 68.6 Å². The molecular formula is C6H12O6. The van der Waals surface area contributed by atoms with Crippen LogP contribution in [0.3, 0.4) is 0 Å². The van der Waals surface area contributed by atoms with Crippen LogP contribution in [0, 0.1) is 0 Å². The van der Waals surface area contributed by atoms with Crippen molar-refractivity contribution in [3.63, 3.8) is 0 Å². The number of hydrogen-bond acceptors (Lipinski definition) is 6. The maximum absolute atomic E-state index is 9.12. The molecule has 6 heteroatoms. The molecule has 72 valence electrons. The van der Waals surface area contributed by atoms with Gasteiger partial charge in [0.15, 0.2) is 6.29 Å². The molecule has 1 saturated heterocycles. The van der Waals surface area contributed by atoms with Crippen LogP contribution in [-0.2, 0) is 4.74 Å². The molecule has 1 fully saturated rings. The molecule has 0 aromatic rings. The van der Waals surface area contributed by atoms with Crippen LogP contribution in [0.4, 0.5) is 0 Å². The van der Waals surface area contributed by atoms with Gasteiger partial charge >= 0.3 is 0 Å². The Morgan fingerprint density at radius 1 is 0.917 bits per heavy atom. The van der Waals surface area contributed by atoms with Crippen LogP contribution >= 0.6 is 0 Å². The summed E-state index contributed by atoms with van der Waals surface area (Å²) in [6.45, 7) is -0.526. The zero-order valence-corrected chi connectivity index (χ0v) is 6.24. The summed E-state index contributed by atoms with van der Waals surface area (Å²) in [6, 6.07) is 0. The summed E-state index contributed by atoms with van der Waals surface area (Å²) in [5, 5.41) is 44.7. The fraction of sp³-hybridized carbons (Fsp3) is 1.00. The van der Waals surface area contributed by atoms with E-state index in [1.165, 1.54) is 0 Å². The minimum Gasteiger partial charge on any atom is -0.394 e.